The predicted octanol–water partition coefficient (Wildman–Crippen LogP) is 3.00. The van der Waals surface area contributed by atoms with E-state index in [2.05, 4.69) is 35.2 Å². The van der Waals surface area contributed by atoms with E-state index in [0.29, 0.717) is 5.92 Å². The zero-order chi connectivity index (χ0) is 12.3. The van der Waals surface area contributed by atoms with Gasteiger partial charge in [0.1, 0.15) is 5.01 Å². The summed E-state index contributed by atoms with van der Waals surface area (Å²) in [4.78, 5) is 7.01. The molecule has 1 unspecified atom stereocenters. The number of thiazole rings is 1. The number of likely N-dealkylation sites (tertiary alicyclic amines) is 1. The van der Waals surface area contributed by atoms with Crippen molar-refractivity contribution in [3.05, 3.63) is 16.1 Å². The zero-order valence-electron chi connectivity index (χ0n) is 10.5. The van der Waals surface area contributed by atoms with Gasteiger partial charge in [0.25, 0.3) is 0 Å². The second-order valence-corrected chi connectivity index (χ2v) is 5.97. The number of hydrogen-bond donors (Lipinski definition) is 0. The summed E-state index contributed by atoms with van der Waals surface area (Å²) in [5.41, 5.74) is 1.19. The third kappa shape index (κ3) is 3.27. The molecule has 17 heavy (non-hydrogen) atoms. The molecule has 0 bridgehead atoms. The van der Waals surface area contributed by atoms with Gasteiger partial charge in [-0.2, -0.15) is 5.26 Å². The van der Waals surface area contributed by atoms with E-state index in [1.165, 1.54) is 10.7 Å². The van der Waals surface area contributed by atoms with Crippen molar-refractivity contribution >= 4 is 11.3 Å². The summed E-state index contributed by atoms with van der Waals surface area (Å²) < 4.78 is 0. The first-order chi connectivity index (χ1) is 8.19. The van der Waals surface area contributed by atoms with Gasteiger partial charge in [0, 0.05) is 11.9 Å². The monoisotopic (exact) mass is 249 g/mol. The summed E-state index contributed by atoms with van der Waals surface area (Å²) in [7, 11) is 0. The maximum absolute atomic E-state index is 8.96. The predicted molar refractivity (Wildman–Crippen MR) is 69.8 cm³/mol. The zero-order valence-corrected chi connectivity index (χ0v) is 11.3. The highest BCUT2D eigenvalue weighted by Gasteiger charge is 2.20. The number of piperidine rings is 1. The van der Waals surface area contributed by atoms with Crippen LogP contribution in [-0.2, 0) is 6.54 Å². The number of nitrogens with zero attached hydrogens (tertiary/aromatic N) is 3. The van der Waals surface area contributed by atoms with Crippen LogP contribution in [-0.4, -0.2) is 23.0 Å². The van der Waals surface area contributed by atoms with Gasteiger partial charge in [-0.25, -0.2) is 4.98 Å². The highest BCUT2D eigenvalue weighted by Crippen LogP contribution is 2.22. The molecule has 1 aliphatic heterocycles. The molecule has 0 aliphatic carbocycles. The molecule has 1 saturated heterocycles. The Morgan fingerprint density at radius 3 is 3.12 bits per heavy atom. The Hall–Kier alpha value is -0.920. The van der Waals surface area contributed by atoms with Gasteiger partial charge >= 0.3 is 0 Å². The largest absolute Gasteiger partial charge is 0.295 e. The summed E-state index contributed by atoms with van der Waals surface area (Å²) in [6, 6.07) is 2.38. The SMILES string of the molecule is CC(C)c1csc(CN2CCCC(C#N)C2)n1. The summed E-state index contributed by atoms with van der Waals surface area (Å²) in [5, 5.41) is 12.3. The fourth-order valence-electron chi connectivity index (χ4n) is 2.16. The number of rotatable bonds is 3. The van der Waals surface area contributed by atoms with Crippen molar-refractivity contribution in [2.75, 3.05) is 13.1 Å². The molecular weight excluding hydrogens is 230 g/mol. The average Bonchev–Trinajstić information content (AvgIpc) is 2.78. The quantitative estimate of drug-likeness (QED) is 0.826. The standard InChI is InChI=1S/C13H19N3S/c1-10(2)12-9-17-13(15-12)8-16-5-3-4-11(6-14)7-16/h9-11H,3-5,7-8H2,1-2H3. The molecular formula is C13H19N3S. The molecule has 1 aromatic rings. The van der Waals surface area contributed by atoms with Gasteiger partial charge < -0.3 is 0 Å². The van der Waals surface area contributed by atoms with Crippen molar-refractivity contribution in [2.45, 2.75) is 39.2 Å². The Morgan fingerprint density at radius 2 is 2.47 bits per heavy atom. The van der Waals surface area contributed by atoms with E-state index in [4.69, 9.17) is 5.26 Å². The lowest BCUT2D eigenvalue weighted by Crippen LogP contribution is -2.34. The molecule has 4 heteroatoms. The topological polar surface area (TPSA) is 39.9 Å². The van der Waals surface area contributed by atoms with Gasteiger partial charge in [-0.1, -0.05) is 13.8 Å². The Labute approximate surface area is 107 Å². The molecule has 1 atom stereocenters. The highest BCUT2D eigenvalue weighted by atomic mass is 32.1. The number of hydrogen-bond acceptors (Lipinski definition) is 4. The molecule has 1 aliphatic rings. The molecule has 1 aromatic heterocycles. The Morgan fingerprint density at radius 1 is 1.65 bits per heavy atom. The normalized spacial score (nSPS) is 21.6. The van der Waals surface area contributed by atoms with Crippen molar-refractivity contribution in [1.29, 1.82) is 5.26 Å². The van der Waals surface area contributed by atoms with E-state index in [-0.39, 0.29) is 5.92 Å². The van der Waals surface area contributed by atoms with Crippen molar-refractivity contribution in [3.8, 4) is 6.07 Å². The van der Waals surface area contributed by atoms with Crippen LogP contribution in [0.4, 0.5) is 0 Å². The molecule has 0 N–H and O–H groups in total. The molecule has 3 nitrogen and oxygen atoms in total. The van der Waals surface area contributed by atoms with Crippen LogP contribution in [0, 0.1) is 17.2 Å². The second kappa shape index (κ2) is 5.61. The molecule has 92 valence electrons. The maximum atomic E-state index is 8.96. The minimum atomic E-state index is 0.216. The fourth-order valence-corrected chi connectivity index (χ4v) is 3.16. The van der Waals surface area contributed by atoms with E-state index in [1.807, 2.05) is 0 Å². The summed E-state index contributed by atoms with van der Waals surface area (Å²) in [6.45, 7) is 7.27. The van der Waals surface area contributed by atoms with Crippen LogP contribution in [0.3, 0.4) is 0 Å². The Balaban J connectivity index is 1.93. The van der Waals surface area contributed by atoms with E-state index in [9.17, 15) is 0 Å². The number of aromatic nitrogens is 1. The molecule has 0 aromatic carbocycles. The fraction of sp³-hybridized carbons (Fsp3) is 0.692. The van der Waals surface area contributed by atoms with Gasteiger partial charge in [0.2, 0.25) is 0 Å². The van der Waals surface area contributed by atoms with E-state index in [1.54, 1.807) is 11.3 Å². The van der Waals surface area contributed by atoms with Gasteiger partial charge in [-0.05, 0) is 25.3 Å². The molecule has 2 rings (SSSR count). The van der Waals surface area contributed by atoms with Crippen LogP contribution in [0.1, 0.15) is 43.3 Å². The van der Waals surface area contributed by atoms with E-state index >= 15 is 0 Å². The summed E-state index contributed by atoms with van der Waals surface area (Å²) in [5.74, 6) is 0.724. The first kappa shape index (κ1) is 12.5. The Bertz CT molecular complexity index is 405. The van der Waals surface area contributed by atoms with Crippen molar-refractivity contribution < 1.29 is 0 Å². The van der Waals surface area contributed by atoms with Crippen LogP contribution in [0.2, 0.25) is 0 Å². The minimum Gasteiger partial charge on any atom is -0.295 e. The summed E-state index contributed by atoms with van der Waals surface area (Å²) >= 11 is 1.74. The number of nitriles is 1. The van der Waals surface area contributed by atoms with Crippen LogP contribution < -0.4 is 0 Å². The molecule has 0 spiro atoms. The van der Waals surface area contributed by atoms with E-state index < -0.39 is 0 Å². The minimum absolute atomic E-state index is 0.216. The lowest BCUT2D eigenvalue weighted by molar-refractivity contribution is 0.192. The van der Waals surface area contributed by atoms with Gasteiger partial charge in [0.15, 0.2) is 0 Å². The first-order valence-corrected chi connectivity index (χ1v) is 7.13. The first-order valence-electron chi connectivity index (χ1n) is 6.25. The third-order valence-electron chi connectivity index (χ3n) is 3.21. The molecule has 2 heterocycles. The van der Waals surface area contributed by atoms with Gasteiger partial charge in [0.05, 0.1) is 24.2 Å². The van der Waals surface area contributed by atoms with Crippen LogP contribution in [0.5, 0.6) is 0 Å². The van der Waals surface area contributed by atoms with Crippen LogP contribution in [0.25, 0.3) is 0 Å². The molecule has 0 amide bonds. The van der Waals surface area contributed by atoms with Crippen LogP contribution in [0.15, 0.2) is 5.38 Å². The highest BCUT2D eigenvalue weighted by molar-refractivity contribution is 7.09. The van der Waals surface area contributed by atoms with E-state index in [0.717, 1.165) is 32.5 Å². The maximum Gasteiger partial charge on any atom is 0.107 e. The lowest BCUT2D eigenvalue weighted by Gasteiger charge is -2.28. The molecule has 0 saturated carbocycles. The van der Waals surface area contributed by atoms with Crippen LogP contribution >= 0.6 is 11.3 Å². The third-order valence-corrected chi connectivity index (χ3v) is 4.06. The molecule has 0 radical (unpaired) electrons. The smallest absolute Gasteiger partial charge is 0.107 e. The van der Waals surface area contributed by atoms with Gasteiger partial charge in [-0.15, -0.1) is 11.3 Å². The molecule has 1 fully saturated rings. The van der Waals surface area contributed by atoms with Crippen molar-refractivity contribution in [2.24, 2.45) is 5.92 Å². The van der Waals surface area contributed by atoms with Crippen molar-refractivity contribution in [3.63, 3.8) is 0 Å². The lowest BCUT2D eigenvalue weighted by atomic mass is 10.00. The Kier molecular flexibility index (Phi) is 4.14. The van der Waals surface area contributed by atoms with Gasteiger partial charge in [-0.3, -0.25) is 4.90 Å². The second-order valence-electron chi connectivity index (χ2n) is 5.02. The van der Waals surface area contributed by atoms with Crippen molar-refractivity contribution in [1.82, 2.24) is 9.88 Å². The summed E-state index contributed by atoms with van der Waals surface area (Å²) in [6.07, 6.45) is 2.20. The average molecular weight is 249 g/mol.